The van der Waals surface area contributed by atoms with E-state index in [1.54, 1.807) is 0 Å². The van der Waals surface area contributed by atoms with Gasteiger partial charge in [-0.3, -0.25) is 0 Å². The predicted molar refractivity (Wildman–Crippen MR) is 70.1 cm³/mol. The number of aryl methyl sites for hydroxylation is 1. The Morgan fingerprint density at radius 3 is 2.94 bits per heavy atom. The predicted octanol–water partition coefficient (Wildman–Crippen LogP) is 2.52. The molecule has 2 heteroatoms. The van der Waals surface area contributed by atoms with Crippen LogP contribution in [0.3, 0.4) is 0 Å². The summed E-state index contributed by atoms with van der Waals surface area (Å²) in [6.45, 7) is 4.20. The summed E-state index contributed by atoms with van der Waals surface area (Å²) >= 11 is 0. The Hall–Kier alpha value is -1.02. The highest BCUT2D eigenvalue weighted by Gasteiger charge is 2.27. The molecule has 16 heavy (non-hydrogen) atoms. The lowest BCUT2D eigenvalue weighted by atomic mass is 9.94. The van der Waals surface area contributed by atoms with Gasteiger partial charge < -0.3 is 10.6 Å². The standard InChI is InChI=1S/C14H22N2/c1-3-11-6-4-8-13-12(7-5-9-15)10-16(2)14(11)13/h4,6,8,12H,3,5,7,9-10,15H2,1-2H3. The fraction of sp³-hybridized carbons (Fsp3) is 0.571. The molecule has 0 spiro atoms. The van der Waals surface area contributed by atoms with E-state index in [4.69, 9.17) is 5.73 Å². The zero-order chi connectivity index (χ0) is 11.5. The third kappa shape index (κ3) is 1.94. The van der Waals surface area contributed by atoms with Crippen LogP contribution in [0.5, 0.6) is 0 Å². The van der Waals surface area contributed by atoms with Gasteiger partial charge in [-0.2, -0.15) is 0 Å². The van der Waals surface area contributed by atoms with Crippen LogP contribution in [0.1, 0.15) is 36.8 Å². The topological polar surface area (TPSA) is 29.3 Å². The molecule has 0 saturated heterocycles. The first-order valence-corrected chi connectivity index (χ1v) is 6.31. The van der Waals surface area contributed by atoms with Gasteiger partial charge in [-0.05, 0) is 36.9 Å². The lowest BCUT2D eigenvalue weighted by molar-refractivity contribution is 0.621. The second kappa shape index (κ2) is 4.88. The highest BCUT2D eigenvalue weighted by molar-refractivity contribution is 5.64. The Morgan fingerprint density at radius 2 is 2.25 bits per heavy atom. The van der Waals surface area contributed by atoms with Crippen LogP contribution in [0.2, 0.25) is 0 Å². The molecule has 0 bridgehead atoms. The molecule has 0 aliphatic carbocycles. The zero-order valence-electron chi connectivity index (χ0n) is 10.4. The Labute approximate surface area is 98.4 Å². The zero-order valence-corrected chi connectivity index (χ0v) is 10.4. The fourth-order valence-electron chi connectivity index (χ4n) is 2.82. The number of hydrogen-bond acceptors (Lipinski definition) is 2. The van der Waals surface area contributed by atoms with E-state index in [1.165, 1.54) is 23.2 Å². The number of nitrogens with zero attached hydrogens (tertiary/aromatic N) is 1. The summed E-state index contributed by atoms with van der Waals surface area (Å²) in [7, 11) is 2.21. The van der Waals surface area contributed by atoms with E-state index < -0.39 is 0 Å². The van der Waals surface area contributed by atoms with Gasteiger partial charge in [-0.1, -0.05) is 25.1 Å². The van der Waals surface area contributed by atoms with Crippen molar-refractivity contribution >= 4 is 5.69 Å². The molecule has 0 amide bonds. The SMILES string of the molecule is CCc1cccc2c1N(C)CC2CCCN. The highest BCUT2D eigenvalue weighted by Crippen LogP contribution is 2.40. The van der Waals surface area contributed by atoms with Crippen LogP contribution in [0.4, 0.5) is 5.69 Å². The third-order valence-electron chi connectivity index (χ3n) is 3.60. The first-order chi connectivity index (χ1) is 7.77. The van der Waals surface area contributed by atoms with Crippen molar-refractivity contribution in [1.29, 1.82) is 0 Å². The number of nitrogens with two attached hydrogens (primary N) is 1. The molecule has 2 nitrogen and oxygen atoms in total. The van der Waals surface area contributed by atoms with Crippen molar-refractivity contribution in [3.05, 3.63) is 29.3 Å². The largest absolute Gasteiger partial charge is 0.374 e. The van der Waals surface area contributed by atoms with E-state index in [9.17, 15) is 0 Å². The summed E-state index contributed by atoms with van der Waals surface area (Å²) in [5.41, 5.74) is 10.1. The molecule has 0 saturated carbocycles. The molecular formula is C14H22N2. The van der Waals surface area contributed by atoms with E-state index in [-0.39, 0.29) is 0 Å². The quantitative estimate of drug-likeness (QED) is 0.841. The molecule has 1 aliphatic rings. The molecule has 88 valence electrons. The van der Waals surface area contributed by atoms with Crippen LogP contribution >= 0.6 is 0 Å². The normalized spacial score (nSPS) is 18.9. The van der Waals surface area contributed by atoms with Gasteiger partial charge in [-0.25, -0.2) is 0 Å². The van der Waals surface area contributed by atoms with Crippen molar-refractivity contribution in [3.63, 3.8) is 0 Å². The average Bonchev–Trinajstić information content (AvgIpc) is 2.64. The van der Waals surface area contributed by atoms with E-state index >= 15 is 0 Å². The average molecular weight is 218 g/mol. The lowest BCUT2D eigenvalue weighted by Crippen LogP contribution is -2.16. The maximum Gasteiger partial charge on any atom is 0.0432 e. The van der Waals surface area contributed by atoms with Crippen LogP contribution in [0.25, 0.3) is 0 Å². The van der Waals surface area contributed by atoms with Gasteiger partial charge in [0.15, 0.2) is 0 Å². The lowest BCUT2D eigenvalue weighted by Gasteiger charge is -2.15. The molecule has 1 atom stereocenters. The van der Waals surface area contributed by atoms with Crippen LogP contribution < -0.4 is 10.6 Å². The minimum atomic E-state index is 0.690. The molecule has 1 aliphatic heterocycles. The van der Waals surface area contributed by atoms with Crippen molar-refractivity contribution in [2.24, 2.45) is 5.73 Å². The summed E-state index contributed by atoms with van der Waals surface area (Å²) in [5, 5.41) is 0. The Balaban J connectivity index is 2.28. The monoisotopic (exact) mass is 218 g/mol. The molecule has 2 rings (SSSR count). The Bertz CT molecular complexity index is 360. The van der Waals surface area contributed by atoms with Crippen LogP contribution in [0.15, 0.2) is 18.2 Å². The van der Waals surface area contributed by atoms with Crippen molar-refractivity contribution in [2.75, 3.05) is 25.0 Å². The number of anilines is 1. The van der Waals surface area contributed by atoms with Crippen molar-refractivity contribution in [2.45, 2.75) is 32.1 Å². The van der Waals surface area contributed by atoms with Gasteiger partial charge >= 0.3 is 0 Å². The first-order valence-electron chi connectivity index (χ1n) is 6.31. The molecule has 1 unspecified atom stereocenters. The molecule has 1 aromatic carbocycles. The molecule has 0 aromatic heterocycles. The fourth-order valence-corrected chi connectivity index (χ4v) is 2.82. The Morgan fingerprint density at radius 1 is 1.44 bits per heavy atom. The summed E-state index contributed by atoms with van der Waals surface area (Å²) in [6.07, 6.45) is 3.48. The number of benzene rings is 1. The van der Waals surface area contributed by atoms with E-state index in [0.717, 1.165) is 25.9 Å². The van der Waals surface area contributed by atoms with Gasteiger partial charge in [0, 0.05) is 25.2 Å². The van der Waals surface area contributed by atoms with Crippen molar-refractivity contribution in [1.82, 2.24) is 0 Å². The number of likely N-dealkylation sites (N-methyl/N-ethyl adjacent to an activating group) is 1. The molecule has 0 radical (unpaired) electrons. The molecule has 1 aromatic rings. The minimum absolute atomic E-state index is 0.690. The van der Waals surface area contributed by atoms with Gasteiger partial charge in [0.2, 0.25) is 0 Å². The summed E-state index contributed by atoms with van der Waals surface area (Å²) in [4.78, 5) is 2.41. The smallest absolute Gasteiger partial charge is 0.0432 e. The van der Waals surface area contributed by atoms with Gasteiger partial charge in [0.05, 0.1) is 0 Å². The maximum atomic E-state index is 5.60. The first kappa shape index (κ1) is 11.5. The van der Waals surface area contributed by atoms with Crippen LogP contribution in [-0.4, -0.2) is 20.1 Å². The molecular weight excluding hydrogens is 196 g/mol. The number of para-hydroxylation sites is 1. The van der Waals surface area contributed by atoms with E-state index in [1.807, 2.05) is 0 Å². The molecule has 0 fully saturated rings. The van der Waals surface area contributed by atoms with Gasteiger partial charge in [0.25, 0.3) is 0 Å². The van der Waals surface area contributed by atoms with E-state index in [2.05, 4.69) is 37.1 Å². The summed E-state index contributed by atoms with van der Waals surface area (Å²) in [6, 6.07) is 6.74. The van der Waals surface area contributed by atoms with Gasteiger partial charge in [-0.15, -0.1) is 0 Å². The number of rotatable bonds is 4. The number of fused-ring (bicyclic) bond motifs is 1. The van der Waals surface area contributed by atoms with Crippen molar-refractivity contribution < 1.29 is 0 Å². The maximum absolute atomic E-state index is 5.60. The van der Waals surface area contributed by atoms with Gasteiger partial charge in [0.1, 0.15) is 0 Å². The summed E-state index contributed by atoms with van der Waals surface area (Å²) in [5.74, 6) is 0.690. The second-order valence-electron chi connectivity index (χ2n) is 4.72. The second-order valence-corrected chi connectivity index (χ2v) is 4.72. The van der Waals surface area contributed by atoms with E-state index in [0.29, 0.717) is 5.92 Å². The summed E-state index contributed by atoms with van der Waals surface area (Å²) < 4.78 is 0. The van der Waals surface area contributed by atoms with Crippen molar-refractivity contribution in [3.8, 4) is 0 Å². The third-order valence-corrected chi connectivity index (χ3v) is 3.60. The van der Waals surface area contributed by atoms with Crippen LogP contribution in [-0.2, 0) is 6.42 Å². The highest BCUT2D eigenvalue weighted by atomic mass is 15.1. The molecule has 2 N–H and O–H groups in total. The number of hydrogen-bond donors (Lipinski definition) is 1. The minimum Gasteiger partial charge on any atom is -0.374 e. The molecule has 1 heterocycles. The van der Waals surface area contributed by atoms with Crippen LogP contribution in [0, 0.1) is 0 Å². The Kier molecular flexibility index (Phi) is 3.49.